The first-order chi connectivity index (χ1) is 9.58. The molecule has 0 aliphatic carbocycles. The molecule has 0 aliphatic heterocycles. The molecule has 6 heteroatoms. The number of nitro groups is 1. The molecular weight excluding hydrogens is 280 g/mol. The number of carbonyl (C=O) groups excluding carboxylic acids is 1. The number of halogens is 1. The number of nitrogens with zero attached hydrogens (tertiary/aromatic N) is 2. The van der Waals surface area contributed by atoms with E-state index in [9.17, 15) is 14.9 Å². The van der Waals surface area contributed by atoms with E-state index in [0.29, 0.717) is 0 Å². The van der Waals surface area contributed by atoms with E-state index >= 15 is 0 Å². The highest BCUT2D eigenvalue weighted by molar-refractivity contribution is 6.32. The highest BCUT2D eigenvalue weighted by Gasteiger charge is 2.14. The molecule has 20 heavy (non-hydrogen) atoms. The Morgan fingerprint density at radius 3 is 2.80 bits per heavy atom. The summed E-state index contributed by atoms with van der Waals surface area (Å²) in [6, 6.07) is 7.49. The molecule has 0 radical (unpaired) electrons. The summed E-state index contributed by atoms with van der Waals surface area (Å²) in [5, 5.41) is 10.8. The van der Waals surface area contributed by atoms with E-state index < -0.39 is 4.92 Å². The first-order valence-corrected chi connectivity index (χ1v) is 6.02. The van der Waals surface area contributed by atoms with E-state index in [4.69, 9.17) is 11.6 Å². The van der Waals surface area contributed by atoms with Crippen molar-refractivity contribution in [1.29, 1.82) is 0 Å². The highest BCUT2D eigenvalue weighted by atomic mass is 35.5. The molecule has 0 atom stereocenters. The summed E-state index contributed by atoms with van der Waals surface area (Å²) in [6.45, 7) is 0. The van der Waals surface area contributed by atoms with Gasteiger partial charge in [-0.2, -0.15) is 0 Å². The maximum Gasteiger partial charge on any atom is 0.288 e. The van der Waals surface area contributed by atoms with Gasteiger partial charge in [0.25, 0.3) is 5.69 Å². The van der Waals surface area contributed by atoms with Crippen molar-refractivity contribution in [2.45, 2.75) is 0 Å². The molecular formula is C14H9ClN2O3. The van der Waals surface area contributed by atoms with Gasteiger partial charge >= 0.3 is 0 Å². The van der Waals surface area contributed by atoms with E-state index in [-0.39, 0.29) is 22.1 Å². The molecule has 5 nitrogen and oxygen atoms in total. The summed E-state index contributed by atoms with van der Waals surface area (Å²) in [6.07, 6.45) is 6.16. The summed E-state index contributed by atoms with van der Waals surface area (Å²) >= 11 is 5.69. The fourth-order valence-electron chi connectivity index (χ4n) is 1.55. The van der Waals surface area contributed by atoms with Crippen molar-refractivity contribution >= 4 is 29.1 Å². The number of aromatic nitrogens is 1. The second kappa shape index (κ2) is 6.08. The first kappa shape index (κ1) is 13.9. The smallest absolute Gasteiger partial charge is 0.288 e. The van der Waals surface area contributed by atoms with Gasteiger partial charge in [0.1, 0.15) is 5.02 Å². The Morgan fingerprint density at radius 1 is 1.35 bits per heavy atom. The van der Waals surface area contributed by atoms with Gasteiger partial charge in [0, 0.05) is 24.0 Å². The van der Waals surface area contributed by atoms with Crippen LogP contribution in [0.2, 0.25) is 5.02 Å². The Hall–Kier alpha value is -2.53. The van der Waals surface area contributed by atoms with Gasteiger partial charge in [0.2, 0.25) is 0 Å². The second-order valence-electron chi connectivity index (χ2n) is 3.91. The molecule has 1 aromatic carbocycles. The molecule has 0 aliphatic rings. The molecule has 2 rings (SSSR count). The van der Waals surface area contributed by atoms with Gasteiger partial charge in [-0.15, -0.1) is 0 Å². The van der Waals surface area contributed by atoms with Crippen LogP contribution in [0.15, 0.2) is 48.8 Å². The minimum atomic E-state index is -0.621. The van der Waals surface area contributed by atoms with Crippen LogP contribution in [-0.4, -0.2) is 15.7 Å². The Bertz CT molecular complexity index is 684. The molecule has 2 aromatic rings. The Morgan fingerprint density at radius 2 is 2.15 bits per heavy atom. The number of nitro benzene ring substituents is 1. The lowest BCUT2D eigenvalue weighted by molar-refractivity contribution is -0.384. The third-order valence-electron chi connectivity index (χ3n) is 2.54. The molecule has 0 fully saturated rings. The molecule has 0 amide bonds. The third-order valence-corrected chi connectivity index (χ3v) is 2.86. The van der Waals surface area contributed by atoms with Gasteiger partial charge in [0.15, 0.2) is 5.78 Å². The largest absolute Gasteiger partial charge is 0.289 e. The quantitative estimate of drug-likeness (QED) is 0.373. The van der Waals surface area contributed by atoms with E-state index in [1.165, 1.54) is 18.2 Å². The summed E-state index contributed by atoms with van der Waals surface area (Å²) in [5.41, 5.74) is 0.692. The van der Waals surface area contributed by atoms with Crippen molar-refractivity contribution < 1.29 is 9.72 Å². The van der Waals surface area contributed by atoms with Gasteiger partial charge in [0.05, 0.1) is 4.92 Å². The van der Waals surface area contributed by atoms with E-state index in [1.807, 2.05) is 0 Å². The topological polar surface area (TPSA) is 73.1 Å². The lowest BCUT2D eigenvalue weighted by Crippen LogP contribution is -1.97. The minimum absolute atomic E-state index is 0.00258. The lowest BCUT2D eigenvalue weighted by atomic mass is 10.1. The van der Waals surface area contributed by atoms with Crippen LogP contribution >= 0.6 is 11.6 Å². The van der Waals surface area contributed by atoms with Crippen LogP contribution in [0.1, 0.15) is 15.9 Å². The summed E-state index contributed by atoms with van der Waals surface area (Å²) < 4.78 is 0. The zero-order chi connectivity index (χ0) is 14.5. The zero-order valence-corrected chi connectivity index (χ0v) is 10.9. The van der Waals surface area contributed by atoms with Gasteiger partial charge in [-0.05, 0) is 35.9 Å². The Labute approximate surface area is 119 Å². The van der Waals surface area contributed by atoms with Gasteiger partial charge in [-0.1, -0.05) is 17.7 Å². The Kier molecular flexibility index (Phi) is 4.22. The van der Waals surface area contributed by atoms with Crippen LogP contribution in [0.25, 0.3) is 6.08 Å². The molecule has 100 valence electrons. The fraction of sp³-hybridized carbons (Fsp3) is 0. The van der Waals surface area contributed by atoms with Crippen molar-refractivity contribution in [3.63, 3.8) is 0 Å². The number of carbonyl (C=O) groups is 1. The fourth-order valence-corrected chi connectivity index (χ4v) is 1.74. The molecule has 1 aromatic heterocycles. The number of ketones is 1. The van der Waals surface area contributed by atoms with Crippen LogP contribution in [0.5, 0.6) is 0 Å². The average Bonchev–Trinajstić information content (AvgIpc) is 2.46. The normalized spacial score (nSPS) is 10.7. The van der Waals surface area contributed by atoms with Crippen LogP contribution in [0.4, 0.5) is 5.69 Å². The summed E-state index contributed by atoms with van der Waals surface area (Å²) in [5.74, 6) is -0.339. The lowest BCUT2D eigenvalue weighted by Gasteiger charge is -1.98. The average molecular weight is 289 g/mol. The second-order valence-corrected chi connectivity index (χ2v) is 4.31. The minimum Gasteiger partial charge on any atom is -0.289 e. The molecule has 0 spiro atoms. The van der Waals surface area contributed by atoms with Crippen LogP contribution in [0, 0.1) is 10.1 Å². The molecule has 1 heterocycles. The molecule has 0 unspecified atom stereocenters. The van der Waals surface area contributed by atoms with E-state index in [2.05, 4.69) is 4.98 Å². The summed E-state index contributed by atoms with van der Waals surface area (Å²) in [7, 11) is 0. The van der Waals surface area contributed by atoms with Gasteiger partial charge in [-0.3, -0.25) is 19.9 Å². The standard InChI is InChI=1S/C14H9ClN2O3/c15-12-5-4-11(8-13(12)17(19)20)14(18)6-3-10-2-1-7-16-9-10/h1-9H. The van der Waals surface area contributed by atoms with Crippen molar-refractivity contribution in [2.75, 3.05) is 0 Å². The number of hydrogen-bond acceptors (Lipinski definition) is 4. The van der Waals surface area contributed by atoms with Crippen LogP contribution in [-0.2, 0) is 0 Å². The third kappa shape index (κ3) is 3.27. The van der Waals surface area contributed by atoms with Crippen molar-refractivity contribution in [3.05, 3.63) is 75.1 Å². The van der Waals surface area contributed by atoms with Gasteiger partial charge < -0.3 is 0 Å². The molecule has 0 saturated carbocycles. The predicted molar refractivity (Wildman–Crippen MR) is 75.7 cm³/mol. The number of allylic oxidation sites excluding steroid dienone is 1. The maximum absolute atomic E-state index is 11.9. The van der Waals surface area contributed by atoms with Crippen molar-refractivity contribution in [3.8, 4) is 0 Å². The predicted octanol–water partition coefficient (Wildman–Crippen LogP) is 3.54. The molecule has 0 saturated heterocycles. The van der Waals surface area contributed by atoms with Crippen molar-refractivity contribution in [2.24, 2.45) is 0 Å². The molecule has 0 N–H and O–H groups in total. The zero-order valence-electron chi connectivity index (χ0n) is 10.2. The first-order valence-electron chi connectivity index (χ1n) is 5.64. The van der Waals surface area contributed by atoms with E-state index in [0.717, 1.165) is 11.6 Å². The number of benzene rings is 1. The highest BCUT2D eigenvalue weighted by Crippen LogP contribution is 2.25. The number of pyridine rings is 1. The summed E-state index contributed by atoms with van der Waals surface area (Å²) in [4.78, 5) is 26.0. The number of hydrogen-bond donors (Lipinski definition) is 0. The number of rotatable bonds is 4. The van der Waals surface area contributed by atoms with Gasteiger partial charge in [-0.25, -0.2) is 0 Å². The molecule has 0 bridgehead atoms. The van der Waals surface area contributed by atoms with Crippen molar-refractivity contribution in [1.82, 2.24) is 4.98 Å². The Balaban J connectivity index is 2.24. The monoisotopic (exact) mass is 288 g/mol. The SMILES string of the molecule is O=C(C=Cc1cccnc1)c1ccc(Cl)c([N+](=O)[O-])c1. The maximum atomic E-state index is 11.9. The van der Waals surface area contributed by atoms with Crippen LogP contribution in [0.3, 0.4) is 0 Å². The van der Waals surface area contributed by atoms with E-state index in [1.54, 1.807) is 30.6 Å². The van der Waals surface area contributed by atoms with Crippen LogP contribution < -0.4 is 0 Å².